The normalized spacial score (nSPS) is 11.6. The predicted molar refractivity (Wildman–Crippen MR) is 91.0 cm³/mol. The number of hydrogen-bond donors (Lipinski definition) is 0. The van der Waals surface area contributed by atoms with Crippen molar-refractivity contribution in [2.75, 3.05) is 0 Å². The van der Waals surface area contributed by atoms with Gasteiger partial charge in [0.2, 0.25) is 0 Å². The van der Waals surface area contributed by atoms with Crippen molar-refractivity contribution in [3.05, 3.63) is 66.4 Å². The highest BCUT2D eigenvalue weighted by atomic mass is 16.3. The maximum atomic E-state index is 6.13. The Balaban J connectivity index is 2.08. The maximum absolute atomic E-state index is 6.13. The van der Waals surface area contributed by atoms with E-state index in [1.165, 1.54) is 5.56 Å². The van der Waals surface area contributed by atoms with Gasteiger partial charge in [0.25, 0.3) is 0 Å². The van der Waals surface area contributed by atoms with E-state index in [0.29, 0.717) is 5.92 Å². The molecule has 0 saturated heterocycles. The van der Waals surface area contributed by atoms with Crippen LogP contribution in [0.2, 0.25) is 0 Å². The number of furan rings is 1. The summed E-state index contributed by atoms with van der Waals surface area (Å²) in [6, 6.07) is 18.6. The first-order chi connectivity index (χ1) is 10.8. The molecule has 4 rings (SSSR count). The minimum Gasteiger partial charge on any atom is -0.455 e. The first-order valence-corrected chi connectivity index (χ1v) is 7.61. The molecule has 0 saturated carbocycles. The largest absolute Gasteiger partial charge is 0.455 e. The minimum absolute atomic E-state index is 0.420. The number of nitrogens with zero attached hydrogens (tertiary/aromatic N) is 1. The van der Waals surface area contributed by atoms with Crippen LogP contribution in [-0.4, -0.2) is 4.98 Å². The number of pyridine rings is 1. The van der Waals surface area contributed by atoms with Crippen molar-refractivity contribution in [2.45, 2.75) is 19.8 Å². The average molecular weight is 287 g/mol. The lowest BCUT2D eigenvalue weighted by atomic mass is 9.96. The Morgan fingerprint density at radius 1 is 0.864 bits per heavy atom. The number of rotatable bonds is 2. The van der Waals surface area contributed by atoms with E-state index in [1.54, 1.807) is 0 Å². The first-order valence-electron chi connectivity index (χ1n) is 7.61. The monoisotopic (exact) mass is 287 g/mol. The second-order valence-corrected chi connectivity index (χ2v) is 5.88. The molecule has 0 spiro atoms. The van der Waals surface area contributed by atoms with Crippen LogP contribution in [-0.2, 0) is 0 Å². The summed E-state index contributed by atoms with van der Waals surface area (Å²) in [7, 11) is 0. The van der Waals surface area contributed by atoms with Crippen LogP contribution in [0, 0.1) is 0 Å². The van der Waals surface area contributed by atoms with E-state index in [2.05, 4.69) is 49.2 Å². The number of benzene rings is 2. The Kier molecular flexibility index (Phi) is 2.97. The van der Waals surface area contributed by atoms with Crippen molar-refractivity contribution in [1.82, 2.24) is 4.98 Å². The van der Waals surface area contributed by atoms with E-state index in [1.807, 2.05) is 30.5 Å². The molecule has 4 aromatic rings. The Morgan fingerprint density at radius 3 is 2.55 bits per heavy atom. The summed E-state index contributed by atoms with van der Waals surface area (Å²) in [5.41, 5.74) is 5.17. The van der Waals surface area contributed by atoms with Crippen molar-refractivity contribution in [3.8, 4) is 11.3 Å². The van der Waals surface area contributed by atoms with E-state index < -0.39 is 0 Å². The molecule has 0 aliphatic rings. The lowest BCUT2D eigenvalue weighted by Crippen LogP contribution is -1.95. The molecule has 0 unspecified atom stereocenters. The molecule has 108 valence electrons. The predicted octanol–water partition coefficient (Wildman–Crippen LogP) is 5.77. The highest BCUT2D eigenvalue weighted by Gasteiger charge is 2.16. The first kappa shape index (κ1) is 13.1. The van der Waals surface area contributed by atoms with Crippen LogP contribution < -0.4 is 0 Å². The number of fused-ring (bicyclic) bond motifs is 3. The fourth-order valence-electron chi connectivity index (χ4n) is 3.04. The molecule has 0 fully saturated rings. The van der Waals surface area contributed by atoms with Gasteiger partial charge in [0.1, 0.15) is 11.2 Å². The number of hydrogen-bond acceptors (Lipinski definition) is 2. The van der Waals surface area contributed by atoms with Gasteiger partial charge in [-0.2, -0.15) is 0 Å². The molecule has 2 nitrogen and oxygen atoms in total. The highest BCUT2D eigenvalue weighted by Crippen LogP contribution is 2.37. The molecule has 0 bridgehead atoms. The zero-order chi connectivity index (χ0) is 15.1. The second kappa shape index (κ2) is 4.99. The number of aromatic nitrogens is 1. The van der Waals surface area contributed by atoms with E-state index in [0.717, 1.165) is 33.2 Å². The van der Waals surface area contributed by atoms with Gasteiger partial charge in [-0.15, -0.1) is 0 Å². The maximum Gasteiger partial charge on any atom is 0.144 e. The van der Waals surface area contributed by atoms with Crippen LogP contribution in [0.4, 0.5) is 0 Å². The van der Waals surface area contributed by atoms with E-state index in [-0.39, 0.29) is 0 Å². The van der Waals surface area contributed by atoms with E-state index in [4.69, 9.17) is 4.42 Å². The summed E-state index contributed by atoms with van der Waals surface area (Å²) in [6.07, 6.45) is 1.85. The molecule has 2 heteroatoms. The average Bonchev–Trinajstić information content (AvgIpc) is 2.93. The molecule has 0 amide bonds. The third-order valence-corrected chi connectivity index (χ3v) is 4.12. The molecule has 2 aromatic carbocycles. The van der Waals surface area contributed by atoms with E-state index >= 15 is 0 Å². The summed E-state index contributed by atoms with van der Waals surface area (Å²) >= 11 is 0. The van der Waals surface area contributed by atoms with Crippen molar-refractivity contribution in [2.24, 2.45) is 0 Å². The van der Waals surface area contributed by atoms with Gasteiger partial charge in [-0.25, -0.2) is 0 Å². The van der Waals surface area contributed by atoms with Gasteiger partial charge < -0.3 is 4.42 Å². The molecule has 0 N–H and O–H groups in total. The van der Waals surface area contributed by atoms with Gasteiger partial charge in [0, 0.05) is 22.5 Å². The van der Waals surface area contributed by atoms with Crippen LogP contribution in [0.1, 0.15) is 25.3 Å². The van der Waals surface area contributed by atoms with Crippen molar-refractivity contribution < 1.29 is 4.42 Å². The molecule has 0 aliphatic heterocycles. The van der Waals surface area contributed by atoms with Crippen molar-refractivity contribution in [3.63, 3.8) is 0 Å². The molecular weight excluding hydrogens is 270 g/mol. The topological polar surface area (TPSA) is 26.0 Å². The van der Waals surface area contributed by atoms with Gasteiger partial charge in [-0.05, 0) is 29.7 Å². The van der Waals surface area contributed by atoms with E-state index in [9.17, 15) is 0 Å². The second-order valence-electron chi connectivity index (χ2n) is 5.88. The Morgan fingerprint density at radius 2 is 1.68 bits per heavy atom. The molecule has 0 atom stereocenters. The Hall–Kier alpha value is -2.61. The fraction of sp³-hybridized carbons (Fsp3) is 0.150. The third-order valence-electron chi connectivity index (χ3n) is 4.12. The lowest BCUT2D eigenvalue weighted by molar-refractivity contribution is 0.669. The molecule has 22 heavy (non-hydrogen) atoms. The Bertz CT molecular complexity index is 966. The van der Waals surface area contributed by atoms with Gasteiger partial charge in [0.05, 0.1) is 5.69 Å². The highest BCUT2D eigenvalue weighted by molar-refractivity contribution is 6.09. The summed E-state index contributed by atoms with van der Waals surface area (Å²) < 4.78 is 6.13. The van der Waals surface area contributed by atoms with Crippen LogP contribution in [0.3, 0.4) is 0 Å². The molecule has 2 aromatic heterocycles. The van der Waals surface area contributed by atoms with Gasteiger partial charge in [-0.3, -0.25) is 4.98 Å². The SMILES string of the molecule is CC(C)c1cccnc1-c1cccc2c1oc1ccccc12. The minimum atomic E-state index is 0.420. The van der Waals surface area contributed by atoms with Crippen LogP contribution in [0.15, 0.2) is 65.2 Å². The van der Waals surface area contributed by atoms with Gasteiger partial charge >= 0.3 is 0 Å². The molecule has 2 heterocycles. The van der Waals surface area contributed by atoms with Crippen LogP contribution in [0.25, 0.3) is 33.2 Å². The lowest BCUT2D eigenvalue weighted by Gasteiger charge is -2.11. The standard InChI is InChI=1S/C20H17NO/c1-13(2)14-10-6-12-21-19(14)17-9-5-8-16-15-7-3-4-11-18(15)22-20(16)17/h3-13H,1-2H3. The van der Waals surface area contributed by atoms with Crippen molar-refractivity contribution >= 4 is 21.9 Å². The van der Waals surface area contributed by atoms with Crippen molar-refractivity contribution in [1.29, 1.82) is 0 Å². The summed E-state index contributed by atoms with van der Waals surface area (Å²) in [5.74, 6) is 0.420. The van der Waals surface area contributed by atoms with Crippen LogP contribution >= 0.6 is 0 Å². The van der Waals surface area contributed by atoms with Gasteiger partial charge in [-0.1, -0.05) is 50.2 Å². The zero-order valence-corrected chi connectivity index (χ0v) is 12.7. The third kappa shape index (κ3) is 1.92. The summed E-state index contributed by atoms with van der Waals surface area (Å²) in [6.45, 7) is 4.39. The number of para-hydroxylation sites is 2. The summed E-state index contributed by atoms with van der Waals surface area (Å²) in [5, 5.41) is 2.30. The zero-order valence-electron chi connectivity index (χ0n) is 12.7. The van der Waals surface area contributed by atoms with Gasteiger partial charge in [0.15, 0.2) is 0 Å². The molecule has 0 radical (unpaired) electrons. The molecule has 0 aliphatic carbocycles. The molecular formula is C20H17NO. The Labute approximate surface area is 129 Å². The smallest absolute Gasteiger partial charge is 0.144 e. The quantitative estimate of drug-likeness (QED) is 0.467. The fourth-order valence-corrected chi connectivity index (χ4v) is 3.04. The van der Waals surface area contributed by atoms with Crippen LogP contribution in [0.5, 0.6) is 0 Å². The summed E-state index contributed by atoms with van der Waals surface area (Å²) in [4.78, 5) is 4.63.